The Morgan fingerprint density at radius 1 is 1.04 bits per heavy atom. The van der Waals surface area contributed by atoms with Gasteiger partial charge in [-0.05, 0) is 58.7 Å². The molecular weight excluding hydrogens is 328 g/mol. The van der Waals surface area contributed by atoms with Crippen LogP contribution in [0, 0.1) is 13.8 Å². The summed E-state index contributed by atoms with van der Waals surface area (Å²) in [5.74, 6) is -0.224. The Morgan fingerprint density at radius 2 is 1.62 bits per heavy atom. The summed E-state index contributed by atoms with van der Waals surface area (Å²) in [6.07, 6.45) is 0. The van der Waals surface area contributed by atoms with Gasteiger partial charge in [0.25, 0.3) is 0 Å². The van der Waals surface area contributed by atoms with Gasteiger partial charge in [-0.1, -0.05) is 12.1 Å². The van der Waals surface area contributed by atoms with Crippen molar-refractivity contribution in [1.82, 2.24) is 15.5 Å². The normalized spacial score (nSPS) is 25.6. The second-order valence-corrected chi connectivity index (χ2v) is 7.18. The van der Waals surface area contributed by atoms with Crippen LogP contribution in [-0.2, 0) is 9.59 Å². The molecule has 0 aromatic heterocycles. The molecule has 1 aromatic carbocycles. The monoisotopic (exact) mass is 360 g/mol. The quantitative estimate of drug-likeness (QED) is 0.749. The lowest BCUT2D eigenvalue weighted by atomic mass is 9.96. The molecule has 1 aromatic rings. The van der Waals surface area contributed by atoms with Crippen LogP contribution in [0.2, 0.25) is 0 Å². The van der Waals surface area contributed by atoms with Gasteiger partial charge in [-0.15, -0.1) is 0 Å². The van der Waals surface area contributed by atoms with E-state index in [4.69, 9.17) is 0 Å². The lowest BCUT2D eigenvalue weighted by Gasteiger charge is -2.41. The third kappa shape index (κ3) is 4.43. The number of amides is 2. The average molecular weight is 361 g/mol. The summed E-state index contributed by atoms with van der Waals surface area (Å²) < 4.78 is 0. The molecule has 4 atom stereocenters. The summed E-state index contributed by atoms with van der Waals surface area (Å²) in [7, 11) is 0. The van der Waals surface area contributed by atoms with Gasteiger partial charge in [0, 0.05) is 30.9 Å². The van der Waals surface area contributed by atoms with E-state index < -0.39 is 12.1 Å². The molecule has 0 bridgehead atoms. The van der Waals surface area contributed by atoms with Gasteiger partial charge in [0.15, 0.2) is 0 Å². The van der Waals surface area contributed by atoms with Crippen molar-refractivity contribution >= 4 is 17.5 Å². The van der Waals surface area contributed by atoms with Crippen molar-refractivity contribution in [3.05, 3.63) is 29.3 Å². The smallest absolute Gasteiger partial charge is 0.243 e. The minimum absolute atomic E-state index is 0.0395. The first-order chi connectivity index (χ1) is 12.3. The maximum absolute atomic E-state index is 13.0. The number of anilines is 1. The van der Waals surface area contributed by atoms with E-state index >= 15 is 0 Å². The van der Waals surface area contributed by atoms with Crippen LogP contribution in [-0.4, -0.2) is 54.0 Å². The second kappa shape index (κ2) is 8.64. The van der Waals surface area contributed by atoms with Crippen molar-refractivity contribution in [1.29, 1.82) is 0 Å². The Kier molecular flexibility index (Phi) is 6.78. The van der Waals surface area contributed by atoms with E-state index in [1.807, 2.05) is 59.7 Å². The summed E-state index contributed by atoms with van der Waals surface area (Å²) in [6, 6.07) is 4.95. The number of nitrogens with one attached hydrogen (secondary N) is 3. The van der Waals surface area contributed by atoms with Crippen LogP contribution in [0.5, 0.6) is 0 Å². The number of hydrogen-bond acceptors (Lipinski definition) is 4. The van der Waals surface area contributed by atoms with Crippen LogP contribution in [0.3, 0.4) is 0 Å². The van der Waals surface area contributed by atoms with Gasteiger partial charge in [0.1, 0.15) is 12.1 Å². The fraction of sp³-hybridized carbons (Fsp3) is 0.600. The van der Waals surface area contributed by atoms with E-state index in [2.05, 4.69) is 16.0 Å². The van der Waals surface area contributed by atoms with E-state index in [-0.39, 0.29) is 23.9 Å². The highest BCUT2D eigenvalue weighted by molar-refractivity contribution is 6.00. The molecule has 6 nitrogen and oxygen atoms in total. The predicted octanol–water partition coefficient (Wildman–Crippen LogP) is 1.82. The highest BCUT2D eigenvalue weighted by Crippen LogP contribution is 2.18. The average Bonchev–Trinajstić information content (AvgIpc) is 2.61. The summed E-state index contributed by atoms with van der Waals surface area (Å²) in [5, 5.41) is 9.68. The number of nitrogens with zero attached hydrogens (tertiary/aromatic N) is 1. The molecule has 0 saturated carbocycles. The van der Waals surface area contributed by atoms with Crippen LogP contribution in [0.4, 0.5) is 5.69 Å². The molecule has 0 aliphatic carbocycles. The van der Waals surface area contributed by atoms with Gasteiger partial charge in [-0.25, -0.2) is 0 Å². The molecule has 0 spiro atoms. The highest BCUT2D eigenvalue weighted by Gasteiger charge is 2.41. The molecule has 1 aliphatic rings. The summed E-state index contributed by atoms with van der Waals surface area (Å²) in [6.45, 7) is 13.2. The standard InChI is InChI=1S/C20H32N4O2/c1-7-24(8-2)20(26)18-17(21-14(5)15(6)22-18)19(25)23-16-11-12(3)9-10-13(16)4/h9-11,14-15,17-18,21-22H,7-8H2,1-6H3,(H,23,25). The first-order valence-corrected chi connectivity index (χ1v) is 9.47. The van der Waals surface area contributed by atoms with Crippen molar-refractivity contribution in [3.63, 3.8) is 0 Å². The third-order valence-corrected chi connectivity index (χ3v) is 5.24. The van der Waals surface area contributed by atoms with E-state index in [9.17, 15) is 9.59 Å². The van der Waals surface area contributed by atoms with Crippen LogP contribution in [0.1, 0.15) is 38.8 Å². The van der Waals surface area contributed by atoms with Gasteiger partial charge in [-0.2, -0.15) is 0 Å². The summed E-state index contributed by atoms with van der Waals surface area (Å²) >= 11 is 0. The fourth-order valence-corrected chi connectivity index (χ4v) is 3.30. The Morgan fingerprint density at radius 3 is 2.19 bits per heavy atom. The molecule has 0 radical (unpaired) electrons. The molecule has 4 unspecified atom stereocenters. The molecule has 1 aliphatic heterocycles. The molecule has 1 fully saturated rings. The Balaban J connectivity index is 2.25. The lowest BCUT2D eigenvalue weighted by Crippen LogP contribution is -2.71. The molecule has 6 heteroatoms. The predicted molar refractivity (Wildman–Crippen MR) is 105 cm³/mol. The topological polar surface area (TPSA) is 73.5 Å². The lowest BCUT2D eigenvalue weighted by molar-refractivity contribution is -0.137. The minimum Gasteiger partial charge on any atom is -0.342 e. The number of piperazine rings is 1. The number of likely N-dealkylation sites (N-methyl/N-ethyl adjacent to an activating group) is 1. The second-order valence-electron chi connectivity index (χ2n) is 7.18. The summed E-state index contributed by atoms with van der Waals surface area (Å²) in [5.41, 5.74) is 2.87. The zero-order valence-electron chi connectivity index (χ0n) is 16.7. The van der Waals surface area contributed by atoms with Crippen LogP contribution in [0.25, 0.3) is 0 Å². The molecule has 144 valence electrons. The number of benzene rings is 1. The van der Waals surface area contributed by atoms with Crippen molar-refractivity contribution in [3.8, 4) is 0 Å². The van der Waals surface area contributed by atoms with Gasteiger partial charge < -0.3 is 20.9 Å². The van der Waals surface area contributed by atoms with Crippen molar-refractivity contribution in [2.75, 3.05) is 18.4 Å². The minimum atomic E-state index is -0.616. The van der Waals surface area contributed by atoms with E-state index in [1.54, 1.807) is 4.90 Å². The van der Waals surface area contributed by atoms with Gasteiger partial charge in [0.05, 0.1) is 0 Å². The zero-order valence-corrected chi connectivity index (χ0v) is 16.7. The van der Waals surface area contributed by atoms with Crippen LogP contribution >= 0.6 is 0 Å². The van der Waals surface area contributed by atoms with E-state index in [0.29, 0.717) is 13.1 Å². The van der Waals surface area contributed by atoms with Crippen molar-refractivity contribution < 1.29 is 9.59 Å². The first-order valence-electron chi connectivity index (χ1n) is 9.47. The number of carbonyl (C=O) groups excluding carboxylic acids is 2. The number of carbonyl (C=O) groups is 2. The van der Waals surface area contributed by atoms with E-state index in [1.165, 1.54) is 0 Å². The number of hydrogen-bond donors (Lipinski definition) is 3. The first kappa shape index (κ1) is 20.4. The van der Waals surface area contributed by atoms with Gasteiger partial charge in [0.2, 0.25) is 11.8 Å². The van der Waals surface area contributed by atoms with E-state index in [0.717, 1.165) is 16.8 Å². The van der Waals surface area contributed by atoms with Gasteiger partial charge in [-0.3, -0.25) is 9.59 Å². The van der Waals surface area contributed by atoms with Gasteiger partial charge >= 0.3 is 0 Å². The summed E-state index contributed by atoms with van der Waals surface area (Å²) in [4.78, 5) is 27.7. The van der Waals surface area contributed by atoms with Crippen LogP contribution < -0.4 is 16.0 Å². The SMILES string of the molecule is CCN(CC)C(=O)C1NC(C)C(C)NC1C(=O)Nc1cc(C)ccc1C. The number of aryl methyl sites for hydroxylation is 2. The molecule has 2 amide bonds. The number of rotatable bonds is 5. The molecule has 26 heavy (non-hydrogen) atoms. The molecule has 2 rings (SSSR count). The Labute approximate surface area is 156 Å². The van der Waals surface area contributed by atoms with Crippen molar-refractivity contribution in [2.45, 2.75) is 65.7 Å². The molecule has 1 saturated heterocycles. The molecule has 3 N–H and O–H groups in total. The third-order valence-electron chi connectivity index (χ3n) is 5.24. The van der Waals surface area contributed by atoms with Crippen LogP contribution in [0.15, 0.2) is 18.2 Å². The maximum atomic E-state index is 13.0. The molecular formula is C20H32N4O2. The maximum Gasteiger partial charge on any atom is 0.243 e. The zero-order chi connectivity index (χ0) is 19.4. The largest absolute Gasteiger partial charge is 0.342 e. The Bertz CT molecular complexity index is 657. The molecule has 1 heterocycles. The van der Waals surface area contributed by atoms with Crippen molar-refractivity contribution in [2.24, 2.45) is 0 Å². The Hall–Kier alpha value is -1.92. The highest BCUT2D eigenvalue weighted by atomic mass is 16.2. The fourth-order valence-electron chi connectivity index (χ4n) is 3.30.